The molecular weight excluding hydrogens is 208 g/mol. The molecule has 0 bridgehead atoms. The van der Waals surface area contributed by atoms with Crippen LogP contribution in [0.1, 0.15) is 8.29 Å². The molecule has 15 heavy (non-hydrogen) atoms. The van der Waals surface area contributed by atoms with Crippen molar-refractivity contribution in [1.82, 2.24) is 0 Å². The number of carbonyl (C=O) groups excluding carboxylic acids is 2. The van der Waals surface area contributed by atoms with E-state index >= 15 is 0 Å². The van der Waals surface area contributed by atoms with E-state index in [0.717, 1.165) is 0 Å². The lowest BCUT2D eigenvalue weighted by Crippen LogP contribution is -2.48. The molecule has 0 aromatic heterocycles. The predicted molar refractivity (Wildman–Crippen MR) is 46.7 cm³/mol. The second-order valence-electron chi connectivity index (χ2n) is 2.74. The molecular formula is C8H14O7. The highest BCUT2D eigenvalue weighted by Crippen LogP contribution is 2.05. The van der Waals surface area contributed by atoms with Gasteiger partial charge in [-0.25, -0.2) is 4.79 Å². The molecule has 7 nitrogen and oxygen atoms in total. The van der Waals surface area contributed by atoms with E-state index in [1.54, 1.807) is 0 Å². The highest BCUT2D eigenvalue weighted by molar-refractivity contribution is 5.75. The highest BCUT2D eigenvalue weighted by Gasteiger charge is 2.34. The summed E-state index contributed by atoms with van der Waals surface area (Å²) in [7, 11) is 0. The second-order valence-corrected chi connectivity index (χ2v) is 2.74. The van der Waals surface area contributed by atoms with E-state index < -0.39 is 36.6 Å². The molecule has 0 aliphatic heterocycles. The lowest BCUT2D eigenvalue weighted by atomic mass is 10.0. The minimum absolute atomic E-state index is 0.0430. The fourth-order valence-electron chi connectivity index (χ4n) is 0.810. The third-order valence-corrected chi connectivity index (χ3v) is 1.65. The minimum Gasteiger partial charge on any atom is -0.464 e. The normalized spacial score (nSPS) is 19.7. The summed E-state index contributed by atoms with van der Waals surface area (Å²) in [5, 5.41) is 36.4. The van der Waals surface area contributed by atoms with E-state index in [1.807, 2.05) is 0 Å². The maximum Gasteiger partial charge on any atom is 0.337 e. The standard InChI is InChI=1S/C8H14O7/c1-2-15-8(14)7(13)6(12)5(11)4(10)3-9/h3-7,10-13H,2H2,1H3/t4-,5+,6-,7-/m0/s1/i3D. The SMILES string of the molecule is [2H]C(=O)[C@H](O)[C@@H](O)[C@H](O)[C@H](O)C(=O)OCC. The van der Waals surface area contributed by atoms with Crippen molar-refractivity contribution in [1.29, 1.82) is 0 Å². The maximum absolute atomic E-state index is 10.9. The summed E-state index contributed by atoms with van der Waals surface area (Å²) in [4.78, 5) is 21.3. The fourth-order valence-corrected chi connectivity index (χ4v) is 0.810. The smallest absolute Gasteiger partial charge is 0.337 e. The van der Waals surface area contributed by atoms with Crippen molar-refractivity contribution in [3.05, 3.63) is 0 Å². The second kappa shape index (κ2) is 6.46. The molecule has 0 saturated heterocycles. The Hall–Kier alpha value is -1.02. The summed E-state index contributed by atoms with van der Waals surface area (Å²) >= 11 is 0. The quantitative estimate of drug-likeness (QED) is 0.283. The van der Waals surface area contributed by atoms with Crippen LogP contribution in [0.2, 0.25) is 0 Å². The number of ether oxygens (including phenoxy) is 1. The van der Waals surface area contributed by atoms with E-state index in [4.69, 9.17) is 16.7 Å². The molecule has 0 heterocycles. The van der Waals surface area contributed by atoms with Crippen LogP contribution in [0.25, 0.3) is 0 Å². The van der Waals surface area contributed by atoms with Gasteiger partial charge in [0.05, 0.1) is 6.61 Å². The monoisotopic (exact) mass is 223 g/mol. The summed E-state index contributed by atoms with van der Waals surface area (Å²) in [6, 6.07) is 0. The van der Waals surface area contributed by atoms with Gasteiger partial charge in [-0.05, 0) is 6.92 Å². The molecule has 0 saturated carbocycles. The average molecular weight is 223 g/mol. The molecule has 4 N–H and O–H groups in total. The maximum atomic E-state index is 10.9. The van der Waals surface area contributed by atoms with Gasteiger partial charge in [0.15, 0.2) is 12.4 Å². The summed E-state index contributed by atoms with van der Waals surface area (Å²) in [5.74, 6) is -1.20. The van der Waals surface area contributed by atoms with Crippen molar-refractivity contribution in [2.24, 2.45) is 0 Å². The third kappa shape index (κ3) is 3.92. The summed E-state index contributed by atoms with van der Waals surface area (Å²) in [6.07, 6.45) is -10.1. The lowest BCUT2D eigenvalue weighted by molar-refractivity contribution is -0.169. The number of hydrogen-bond donors (Lipinski definition) is 4. The van der Waals surface area contributed by atoms with Crippen LogP contribution in [0, 0.1) is 0 Å². The highest BCUT2D eigenvalue weighted by atomic mass is 16.5. The van der Waals surface area contributed by atoms with Crippen molar-refractivity contribution in [3.8, 4) is 0 Å². The fraction of sp³-hybridized carbons (Fsp3) is 0.750. The predicted octanol–water partition coefficient (Wildman–Crippen LogP) is -2.81. The van der Waals surface area contributed by atoms with Crippen molar-refractivity contribution in [2.45, 2.75) is 31.3 Å². The van der Waals surface area contributed by atoms with Crippen LogP contribution in [0.4, 0.5) is 0 Å². The van der Waals surface area contributed by atoms with Gasteiger partial charge in [0.1, 0.15) is 19.7 Å². The zero-order valence-electron chi connectivity index (χ0n) is 9.03. The average Bonchev–Trinajstić information content (AvgIpc) is 2.25. The van der Waals surface area contributed by atoms with E-state index in [1.165, 1.54) is 6.92 Å². The summed E-state index contributed by atoms with van der Waals surface area (Å²) in [6.45, 7) is 1.42. The zero-order chi connectivity index (χ0) is 12.9. The van der Waals surface area contributed by atoms with Crippen molar-refractivity contribution < 1.29 is 36.1 Å². The van der Waals surface area contributed by atoms with Crippen LogP contribution in [0.15, 0.2) is 0 Å². The van der Waals surface area contributed by atoms with Gasteiger partial charge in [-0.3, -0.25) is 0 Å². The Labute approximate surface area is 87.3 Å². The molecule has 0 aliphatic carbocycles. The van der Waals surface area contributed by atoms with Gasteiger partial charge >= 0.3 is 5.97 Å². The van der Waals surface area contributed by atoms with Crippen LogP contribution in [0.3, 0.4) is 0 Å². The van der Waals surface area contributed by atoms with E-state index in [0.29, 0.717) is 0 Å². The molecule has 0 radical (unpaired) electrons. The minimum atomic E-state index is -2.20. The first-order valence-corrected chi connectivity index (χ1v) is 4.22. The third-order valence-electron chi connectivity index (χ3n) is 1.65. The first-order chi connectivity index (χ1) is 7.32. The van der Waals surface area contributed by atoms with Crippen LogP contribution < -0.4 is 0 Å². The molecule has 0 aliphatic rings. The van der Waals surface area contributed by atoms with E-state index in [2.05, 4.69) is 4.74 Å². The van der Waals surface area contributed by atoms with Crippen LogP contribution in [-0.2, 0) is 14.3 Å². The Balaban J connectivity index is 4.47. The number of aliphatic hydroxyl groups is 4. The molecule has 0 aromatic rings. The number of aldehydes is 1. The van der Waals surface area contributed by atoms with Gasteiger partial charge in [0, 0.05) is 0 Å². The zero-order valence-corrected chi connectivity index (χ0v) is 8.03. The van der Waals surface area contributed by atoms with Gasteiger partial charge in [0.25, 0.3) is 0 Å². The van der Waals surface area contributed by atoms with Gasteiger partial charge < -0.3 is 30.0 Å². The van der Waals surface area contributed by atoms with Crippen LogP contribution in [0.5, 0.6) is 0 Å². The Morgan fingerprint density at radius 2 is 1.93 bits per heavy atom. The van der Waals surface area contributed by atoms with Gasteiger partial charge in [-0.2, -0.15) is 0 Å². The summed E-state index contributed by atoms with van der Waals surface area (Å²) in [5.41, 5.74) is 0. The summed E-state index contributed by atoms with van der Waals surface area (Å²) < 4.78 is 10.8. The molecule has 4 atom stereocenters. The van der Waals surface area contributed by atoms with Crippen molar-refractivity contribution >= 4 is 12.2 Å². The Morgan fingerprint density at radius 3 is 2.33 bits per heavy atom. The molecule has 0 amide bonds. The molecule has 0 rings (SSSR count). The van der Waals surface area contributed by atoms with Gasteiger partial charge in [-0.15, -0.1) is 0 Å². The molecule has 7 heteroatoms. The van der Waals surface area contributed by atoms with Crippen LogP contribution >= 0.6 is 0 Å². The first kappa shape index (κ1) is 12.1. The Kier molecular flexibility index (Phi) is 5.19. The van der Waals surface area contributed by atoms with Crippen LogP contribution in [-0.4, -0.2) is 63.7 Å². The Bertz CT molecular complexity index is 257. The molecule has 0 unspecified atom stereocenters. The number of aliphatic hydroxyl groups excluding tert-OH is 4. The molecule has 0 spiro atoms. The largest absolute Gasteiger partial charge is 0.464 e. The number of esters is 1. The first-order valence-electron chi connectivity index (χ1n) is 4.72. The number of hydrogen-bond acceptors (Lipinski definition) is 7. The van der Waals surface area contributed by atoms with Crippen molar-refractivity contribution in [3.63, 3.8) is 0 Å². The van der Waals surface area contributed by atoms with Gasteiger partial charge in [0.2, 0.25) is 0 Å². The number of rotatable bonds is 6. The topological polar surface area (TPSA) is 124 Å². The lowest BCUT2D eigenvalue weighted by Gasteiger charge is -2.22. The molecule has 88 valence electrons. The molecule has 0 fully saturated rings. The van der Waals surface area contributed by atoms with E-state index in [-0.39, 0.29) is 6.61 Å². The van der Waals surface area contributed by atoms with Crippen molar-refractivity contribution in [2.75, 3.05) is 6.61 Å². The van der Waals surface area contributed by atoms with E-state index in [9.17, 15) is 14.7 Å². The number of carbonyl (C=O) groups is 2. The Morgan fingerprint density at radius 1 is 1.40 bits per heavy atom. The van der Waals surface area contributed by atoms with Gasteiger partial charge in [-0.1, -0.05) is 0 Å². The molecule has 0 aromatic carbocycles.